The SMILES string of the molecule is O=C(Nc1nncs1)NN(c1ccccc1)c1ccccc1. The van der Waals surface area contributed by atoms with E-state index in [0.717, 1.165) is 11.4 Å². The van der Waals surface area contributed by atoms with Gasteiger partial charge in [-0.15, -0.1) is 10.2 Å². The van der Waals surface area contributed by atoms with Crippen molar-refractivity contribution >= 4 is 33.9 Å². The molecule has 0 spiro atoms. The maximum absolute atomic E-state index is 12.1. The average Bonchev–Trinajstić information content (AvgIpc) is 3.07. The molecule has 0 bridgehead atoms. The van der Waals surface area contributed by atoms with Crippen LogP contribution in [0.4, 0.5) is 21.3 Å². The summed E-state index contributed by atoms with van der Waals surface area (Å²) in [7, 11) is 0. The molecule has 1 heterocycles. The van der Waals surface area contributed by atoms with E-state index < -0.39 is 0 Å². The average molecular weight is 311 g/mol. The molecule has 0 aliphatic heterocycles. The van der Waals surface area contributed by atoms with Crippen molar-refractivity contribution in [3.05, 3.63) is 66.2 Å². The molecule has 2 aromatic carbocycles. The second-order valence-electron chi connectivity index (χ2n) is 4.32. The molecule has 6 nitrogen and oxygen atoms in total. The standard InChI is InChI=1S/C15H13N5OS/c21-14(17-15-18-16-11-22-15)19-20(12-7-3-1-4-8-12)13-9-5-2-6-10-13/h1-11H,(H2,17,18,19,21). The Labute approximate surface area is 131 Å². The number of para-hydroxylation sites is 2. The molecule has 0 saturated heterocycles. The van der Waals surface area contributed by atoms with Gasteiger partial charge in [-0.25, -0.2) is 10.2 Å². The number of hydrazine groups is 1. The number of amides is 2. The number of urea groups is 1. The summed E-state index contributed by atoms with van der Waals surface area (Å²) in [5.74, 6) is 0. The van der Waals surface area contributed by atoms with E-state index >= 15 is 0 Å². The predicted octanol–water partition coefficient (Wildman–Crippen LogP) is 3.41. The number of aromatic nitrogens is 2. The lowest BCUT2D eigenvalue weighted by Gasteiger charge is -2.25. The third-order valence-electron chi connectivity index (χ3n) is 2.82. The molecule has 0 radical (unpaired) electrons. The van der Waals surface area contributed by atoms with Gasteiger partial charge in [-0.2, -0.15) is 0 Å². The molecular formula is C15H13N5OS. The summed E-state index contributed by atoms with van der Waals surface area (Å²) in [5, 5.41) is 12.3. The van der Waals surface area contributed by atoms with E-state index in [4.69, 9.17) is 0 Å². The Morgan fingerprint density at radius 3 is 2.05 bits per heavy atom. The Morgan fingerprint density at radius 2 is 1.55 bits per heavy atom. The van der Waals surface area contributed by atoms with Crippen LogP contribution < -0.4 is 15.8 Å². The summed E-state index contributed by atoms with van der Waals surface area (Å²) in [5.41, 5.74) is 6.06. The number of carbonyl (C=O) groups excluding carboxylic acids is 1. The number of hydrogen-bond donors (Lipinski definition) is 2. The van der Waals surface area contributed by atoms with Gasteiger partial charge in [0.05, 0.1) is 11.4 Å². The molecule has 0 saturated carbocycles. The minimum Gasteiger partial charge on any atom is -0.281 e. The van der Waals surface area contributed by atoms with Gasteiger partial charge < -0.3 is 0 Å². The summed E-state index contributed by atoms with van der Waals surface area (Å²) in [6.07, 6.45) is 0. The van der Waals surface area contributed by atoms with Crippen molar-refractivity contribution in [3.63, 3.8) is 0 Å². The fourth-order valence-corrected chi connectivity index (χ4v) is 2.33. The van der Waals surface area contributed by atoms with E-state index in [2.05, 4.69) is 20.9 Å². The van der Waals surface area contributed by atoms with Crippen LogP contribution in [0.3, 0.4) is 0 Å². The zero-order valence-electron chi connectivity index (χ0n) is 11.5. The highest BCUT2D eigenvalue weighted by Crippen LogP contribution is 2.22. The second kappa shape index (κ2) is 6.68. The topological polar surface area (TPSA) is 70.1 Å². The van der Waals surface area contributed by atoms with Gasteiger partial charge in [0.1, 0.15) is 5.51 Å². The van der Waals surface area contributed by atoms with Crippen LogP contribution >= 0.6 is 11.3 Å². The van der Waals surface area contributed by atoms with Crippen LogP contribution in [0.2, 0.25) is 0 Å². The summed E-state index contributed by atoms with van der Waals surface area (Å²) in [6.45, 7) is 0. The Balaban J connectivity index is 1.81. The third kappa shape index (κ3) is 3.39. The number of carbonyl (C=O) groups is 1. The molecular weight excluding hydrogens is 298 g/mol. The highest BCUT2D eigenvalue weighted by Gasteiger charge is 2.13. The van der Waals surface area contributed by atoms with E-state index in [0.29, 0.717) is 5.13 Å². The smallest absolute Gasteiger partial charge is 0.281 e. The van der Waals surface area contributed by atoms with Gasteiger partial charge in [0.15, 0.2) is 0 Å². The highest BCUT2D eigenvalue weighted by molar-refractivity contribution is 7.13. The van der Waals surface area contributed by atoms with Crippen molar-refractivity contribution in [3.8, 4) is 0 Å². The Bertz CT molecular complexity index is 679. The zero-order valence-corrected chi connectivity index (χ0v) is 12.3. The van der Waals surface area contributed by atoms with Crippen LogP contribution in [-0.4, -0.2) is 16.2 Å². The molecule has 3 aromatic rings. The quantitative estimate of drug-likeness (QED) is 0.724. The fourth-order valence-electron chi connectivity index (χ4n) is 1.89. The lowest BCUT2D eigenvalue weighted by molar-refractivity contribution is 0.252. The van der Waals surface area contributed by atoms with E-state index in [-0.39, 0.29) is 6.03 Å². The maximum Gasteiger partial charge on any atom is 0.340 e. The summed E-state index contributed by atoms with van der Waals surface area (Å²) < 4.78 is 0. The lowest BCUT2D eigenvalue weighted by Crippen LogP contribution is -2.41. The molecule has 1 aromatic heterocycles. The van der Waals surface area contributed by atoms with E-state index in [1.807, 2.05) is 60.7 Å². The van der Waals surface area contributed by atoms with Crippen molar-refractivity contribution in [1.82, 2.24) is 15.6 Å². The minimum absolute atomic E-state index is 0.385. The minimum atomic E-state index is -0.385. The molecule has 0 atom stereocenters. The van der Waals surface area contributed by atoms with Crippen LogP contribution in [0.25, 0.3) is 0 Å². The first kappa shape index (κ1) is 14.0. The van der Waals surface area contributed by atoms with Crippen LogP contribution in [0, 0.1) is 0 Å². The van der Waals surface area contributed by atoms with Gasteiger partial charge in [0.25, 0.3) is 0 Å². The van der Waals surface area contributed by atoms with E-state index in [9.17, 15) is 4.79 Å². The first-order valence-corrected chi connectivity index (χ1v) is 7.45. The van der Waals surface area contributed by atoms with Crippen LogP contribution in [0.1, 0.15) is 0 Å². The summed E-state index contributed by atoms with van der Waals surface area (Å²) >= 11 is 1.26. The lowest BCUT2D eigenvalue weighted by atomic mass is 10.2. The molecule has 110 valence electrons. The number of anilines is 3. The van der Waals surface area contributed by atoms with Gasteiger partial charge in [0.2, 0.25) is 5.13 Å². The van der Waals surface area contributed by atoms with Crippen molar-refractivity contribution < 1.29 is 4.79 Å². The Morgan fingerprint density at radius 1 is 0.955 bits per heavy atom. The largest absolute Gasteiger partial charge is 0.340 e. The molecule has 0 aliphatic rings. The number of nitrogens with zero attached hydrogens (tertiary/aromatic N) is 3. The highest BCUT2D eigenvalue weighted by atomic mass is 32.1. The molecule has 0 unspecified atom stereocenters. The summed E-state index contributed by atoms with van der Waals surface area (Å²) in [6, 6.07) is 18.8. The normalized spacial score (nSPS) is 10.0. The van der Waals surface area contributed by atoms with Gasteiger partial charge in [-0.05, 0) is 24.3 Å². The van der Waals surface area contributed by atoms with Gasteiger partial charge >= 0.3 is 6.03 Å². The predicted molar refractivity (Wildman–Crippen MR) is 87.1 cm³/mol. The van der Waals surface area contributed by atoms with Crippen LogP contribution in [0.5, 0.6) is 0 Å². The number of benzene rings is 2. The monoisotopic (exact) mass is 311 g/mol. The van der Waals surface area contributed by atoms with Crippen molar-refractivity contribution in [1.29, 1.82) is 0 Å². The van der Waals surface area contributed by atoms with Gasteiger partial charge in [0, 0.05) is 0 Å². The van der Waals surface area contributed by atoms with Crippen molar-refractivity contribution in [2.45, 2.75) is 0 Å². The zero-order chi connectivity index (χ0) is 15.2. The molecule has 22 heavy (non-hydrogen) atoms. The van der Waals surface area contributed by atoms with Gasteiger partial charge in [-0.1, -0.05) is 47.7 Å². The molecule has 3 rings (SSSR count). The van der Waals surface area contributed by atoms with Gasteiger partial charge in [-0.3, -0.25) is 10.3 Å². The van der Waals surface area contributed by atoms with Crippen LogP contribution in [-0.2, 0) is 0 Å². The third-order valence-corrected chi connectivity index (χ3v) is 3.43. The number of nitrogens with one attached hydrogen (secondary N) is 2. The fraction of sp³-hybridized carbons (Fsp3) is 0. The molecule has 0 aliphatic carbocycles. The van der Waals surface area contributed by atoms with Crippen LogP contribution in [0.15, 0.2) is 66.2 Å². The second-order valence-corrected chi connectivity index (χ2v) is 5.15. The van der Waals surface area contributed by atoms with Crippen molar-refractivity contribution in [2.75, 3.05) is 10.3 Å². The van der Waals surface area contributed by atoms with E-state index in [1.54, 1.807) is 10.5 Å². The molecule has 2 amide bonds. The molecule has 2 N–H and O–H groups in total. The number of hydrogen-bond acceptors (Lipinski definition) is 5. The molecule has 7 heteroatoms. The number of rotatable bonds is 4. The summed E-state index contributed by atoms with van der Waals surface area (Å²) in [4.78, 5) is 12.1. The maximum atomic E-state index is 12.1. The Kier molecular flexibility index (Phi) is 4.26. The van der Waals surface area contributed by atoms with E-state index in [1.165, 1.54) is 11.3 Å². The molecule has 0 fully saturated rings. The first-order valence-electron chi connectivity index (χ1n) is 6.57. The Hall–Kier alpha value is -2.93. The first-order chi connectivity index (χ1) is 10.8. The van der Waals surface area contributed by atoms with Crippen molar-refractivity contribution in [2.24, 2.45) is 0 Å².